The predicted octanol–water partition coefficient (Wildman–Crippen LogP) is 3.49. The zero-order valence-corrected chi connectivity index (χ0v) is 10.5. The van der Waals surface area contributed by atoms with Crippen LogP contribution in [0.25, 0.3) is 0 Å². The Kier molecular flexibility index (Phi) is 4.00. The Balaban J connectivity index is 1.88. The smallest absolute Gasteiger partial charge is 0.00147 e. The van der Waals surface area contributed by atoms with Crippen LogP contribution in [-0.4, -0.2) is 13.1 Å². The molecule has 2 unspecified atom stereocenters. The van der Waals surface area contributed by atoms with Crippen molar-refractivity contribution in [1.29, 1.82) is 0 Å². The van der Waals surface area contributed by atoms with E-state index in [2.05, 4.69) is 43.4 Å². The summed E-state index contributed by atoms with van der Waals surface area (Å²) in [5.41, 5.74) is 2.91. The Hall–Kier alpha value is -0.820. The summed E-state index contributed by atoms with van der Waals surface area (Å²) in [4.78, 5) is 0. The van der Waals surface area contributed by atoms with Gasteiger partial charge in [0, 0.05) is 0 Å². The number of aryl methyl sites for hydroxylation is 1. The lowest BCUT2D eigenvalue weighted by Gasteiger charge is -2.37. The molecule has 1 aliphatic carbocycles. The Morgan fingerprint density at radius 1 is 1.19 bits per heavy atom. The molecule has 0 spiro atoms. The highest BCUT2D eigenvalue weighted by atomic mass is 14.9. The van der Waals surface area contributed by atoms with Gasteiger partial charge in [-0.3, -0.25) is 0 Å². The SMILES string of the molecule is CCCNCC1CCC1c1ccc(C)cc1. The van der Waals surface area contributed by atoms with Crippen LogP contribution in [-0.2, 0) is 0 Å². The Labute approximate surface area is 99.3 Å². The Morgan fingerprint density at radius 2 is 1.94 bits per heavy atom. The van der Waals surface area contributed by atoms with Gasteiger partial charge < -0.3 is 5.32 Å². The maximum atomic E-state index is 3.55. The second kappa shape index (κ2) is 5.49. The van der Waals surface area contributed by atoms with Crippen LogP contribution >= 0.6 is 0 Å². The number of nitrogens with one attached hydrogen (secondary N) is 1. The second-order valence-electron chi connectivity index (χ2n) is 5.06. The van der Waals surface area contributed by atoms with Gasteiger partial charge in [0.05, 0.1) is 0 Å². The van der Waals surface area contributed by atoms with Gasteiger partial charge in [-0.15, -0.1) is 0 Å². The topological polar surface area (TPSA) is 12.0 Å². The lowest BCUT2D eigenvalue weighted by atomic mass is 9.70. The fourth-order valence-electron chi connectivity index (χ4n) is 2.53. The highest BCUT2D eigenvalue weighted by Gasteiger charge is 2.31. The van der Waals surface area contributed by atoms with E-state index in [-0.39, 0.29) is 0 Å². The molecule has 88 valence electrons. The zero-order valence-electron chi connectivity index (χ0n) is 10.5. The van der Waals surface area contributed by atoms with Crippen LogP contribution in [0.5, 0.6) is 0 Å². The number of hydrogen-bond donors (Lipinski definition) is 1. The third-order valence-corrected chi connectivity index (χ3v) is 3.76. The minimum absolute atomic E-state index is 0.810. The van der Waals surface area contributed by atoms with Crippen molar-refractivity contribution in [1.82, 2.24) is 5.32 Å². The van der Waals surface area contributed by atoms with E-state index in [1.165, 1.54) is 31.4 Å². The van der Waals surface area contributed by atoms with Crippen molar-refractivity contribution in [2.75, 3.05) is 13.1 Å². The fourth-order valence-corrected chi connectivity index (χ4v) is 2.53. The van der Waals surface area contributed by atoms with Crippen molar-refractivity contribution >= 4 is 0 Å². The van der Waals surface area contributed by atoms with Gasteiger partial charge >= 0.3 is 0 Å². The molecule has 1 aromatic rings. The quantitative estimate of drug-likeness (QED) is 0.744. The molecule has 0 saturated heterocycles. The van der Waals surface area contributed by atoms with Crippen molar-refractivity contribution in [2.24, 2.45) is 5.92 Å². The van der Waals surface area contributed by atoms with Crippen LogP contribution in [0.15, 0.2) is 24.3 Å². The van der Waals surface area contributed by atoms with E-state index in [0.29, 0.717) is 0 Å². The first-order valence-corrected chi connectivity index (χ1v) is 6.58. The van der Waals surface area contributed by atoms with Crippen LogP contribution in [0.1, 0.15) is 43.2 Å². The number of hydrogen-bond acceptors (Lipinski definition) is 1. The van der Waals surface area contributed by atoms with Crippen LogP contribution in [0.2, 0.25) is 0 Å². The first-order valence-electron chi connectivity index (χ1n) is 6.58. The second-order valence-corrected chi connectivity index (χ2v) is 5.06. The molecule has 2 rings (SSSR count). The van der Waals surface area contributed by atoms with Gasteiger partial charge in [-0.1, -0.05) is 36.8 Å². The molecule has 0 aliphatic heterocycles. The van der Waals surface area contributed by atoms with Crippen LogP contribution < -0.4 is 5.32 Å². The maximum Gasteiger partial charge on any atom is -0.00147 e. The van der Waals surface area contributed by atoms with E-state index in [9.17, 15) is 0 Å². The molecular weight excluding hydrogens is 194 g/mol. The lowest BCUT2D eigenvalue weighted by Crippen LogP contribution is -2.34. The number of rotatable bonds is 5. The Morgan fingerprint density at radius 3 is 2.50 bits per heavy atom. The minimum atomic E-state index is 0.810. The van der Waals surface area contributed by atoms with Gasteiger partial charge in [-0.25, -0.2) is 0 Å². The van der Waals surface area contributed by atoms with Crippen molar-refractivity contribution in [3.8, 4) is 0 Å². The van der Waals surface area contributed by atoms with E-state index >= 15 is 0 Å². The molecule has 0 amide bonds. The minimum Gasteiger partial charge on any atom is -0.316 e. The highest BCUT2D eigenvalue weighted by molar-refractivity contribution is 5.26. The van der Waals surface area contributed by atoms with Crippen LogP contribution in [0.3, 0.4) is 0 Å². The monoisotopic (exact) mass is 217 g/mol. The molecular formula is C15H23N. The van der Waals surface area contributed by atoms with Crippen LogP contribution in [0, 0.1) is 12.8 Å². The summed E-state index contributed by atoms with van der Waals surface area (Å²) in [5.74, 6) is 1.68. The molecule has 0 heterocycles. The van der Waals surface area contributed by atoms with Crippen LogP contribution in [0.4, 0.5) is 0 Å². The van der Waals surface area contributed by atoms with Gasteiger partial charge in [-0.2, -0.15) is 0 Å². The first-order chi connectivity index (χ1) is 7.81. The Bertz CT molecular complexity index is 315. The summed E-state index contributed by atoms with van der Waals surface area (Å²) in [7, 11) is 0. The largest absolute Gasteiger partial charge is 0.316 e. The normalized spacial score (nSPS) is 24.1. The van der Waals surface area contributed by atoms with Gasteiger partial charge in [-0.05, 0) is 56.7 Å². The third-order valence-electron chi connectivity index (χ3n) is 3.76. The summed E-state index contributed by atoms with van der Waals surface area (Å²) >= 11 is 0. The van der Waals surface area contributed by atoms with Crippen molar-refractivity contribution in [2.45, 2.75) is 39.0 Å². The van der Waals surface area contributed by atoms with Gasteiger partial charge in [0.2, 0.25) is 0 Å². The summed E-state index contributed by atoms with van der Waals surface area (Å²) in [6.07, 6.45) is 4.01. The molecule has 1 fully saturated rings. The van der Waals surface area contributed by atoms with Crippen molar-refractivity contribution in [3.63, 3.8) is 0 Å². The molecule has 1 aliphatic rings. The van der Waals surface area contributed by atoms with Gasteiger partial charge in [0.25, 0.3) is 0 Å². The maximum absolute atomic E-state index is 3.55. The summed E-state index contributed by atoms with van der Waals surface area (Å²) in [6, 6.07) is 9.10. The summed E-state index contributed by atoms with van der Waals surface area (Å²) < 4.78 is 0. The fraction of sp³-hybridized carbons (Fsp3) is 0.600. The average Bonchev–Trinajstić information content (AvgIpc) is 2.26. The first kappa shape index (κ1) is 11.7. The van der Waals surface area contributed by atoms with E-state index in [0.717, 1.165) is 18.4 Å². The zero-order chi connectivity index (χ0) is 11.4. The van der Waals surface area contributed by atoms with E-state index in [1.807, 2.05) is 0 Å². The molecule has 1 heteroatoms. The predicted molar refractivity (Wildman–Crippen MR) is 69.8 cm³/mol. The molecule has 16 heavy (non-hydrogen) atoms. The molecule has 0 aromatic heterocycles. The highest BCUT2D eigenvalue weighted by Crippen LogP contribution is 2.41. The molecule has 1 N–H and O–H groups in total. The molecule has 2 atom stereocenters. The van der Waals surface area contributed by atoms with E-state index in [1.54, 1.807) is 5.56 Å². The van der Waals surface area contributed by atoms with Gasteiger partial charge in [0.15, 0.2) is 0 Å². The molecule has 1 nitrogen and oxygen atoms in total. The van der Waals surface area contributed by atoms with E-state index < -0.39 is 0 Å². The van der Waals surface area contributed by atoms with Crippen molar-refractivity contribution < 1.29 is 0 Å². The molecule has 0 radical (unpaired) electrons. The molecule has 1 saturated carbocycles. The number of benzene rings is 1. The molecule has 0 bridgehead atoms. The van der Waals surface area contributed by atoms with E-state index in [4.69, 9.17) is 0 Å². The average molecular weight is 217 g/mol. The molecule has 1 aromatic carbocycles. The standard InChI is InChI=1S/C15H23N/c1-3-10-16-11-14-8-9-15(14)13-6-4-12(2)5-7-13/h4-7,14-16H,3,8-11H2,1-2H3. The third kappa shape index (κ3) is 2.65. The van der Waals surface area contributed by atoms with Gasteiger partial charge in [0.1, 0.15) is 0 Å². The lowest BCUT2D eigenvalue weighted by molar-refractivity contribution is 0.246. The van der Waals surface area contributed by atoms with Crippen molar-refractivity contribution in [3.05, 3.63) is 35.4 Å². The summed E-state index contributed by atoms with van der Waals surface area (Å²) in [5, 5.41) is 3.55. The summed E-state index contributed by atoms with van der Waals surface area (Å²) in [6.45, 7) is 6.75.